The molecule has 0 bridgehead atoms. The predicted octanol–water partition coefficient (Wildman–Crippen LogP) is 12.6. The minimum atomic E-state index is -0.497. The van der Waals surface area contributed by atoms with Crippen LogP contribution in [0.25, 0.3) is 43.6 Å². The molecule has 0 saturated carbocycles. The van der Waals surface area contributed by atoms with E-state index in [1.165, 1.54) is 0 Å². The maximum absolute atomic E-state index is 11.7. The first-order valence-electron chi connectivity index (χ1n) is 21.4. The van der Waals surface area contributed by atoms with Crippen LogP contribution in [0.15, 0.2) is 170 Å². The third kappa shape index (κ3) is 9.70. The number of phenols is 2. The van der Waals surface area contributed by atoms with Gasteiger partial charge >= 0.3 is 17.1 Å². The van der Waals surface area contributed by atoms with Crippen LogP contribution >= 0.6 is 0 Å². The SMILES string of the molecule is CC(C)(c1ccc(O)cc1)c1ccc([C@](C)(c2ccc([O-])cc2)c2ccc(O)cc2)cc1.Cc1ccc2ccc3ccc(C)nc3c2n1.Cc1ccc2ccc3ccc(C)nc3c2n1.[Cu+]. The number of hydrogen-bond acceptors (Lipinski definition) is 7. The third-order valence-corrected chi connectivity index (χ3v) is 12.2. The molecule has 7 nitrogen and oxygen atoms in total. The average Bonchev–Trinajstić information content (AvgIpc) is 3.30. The molecule has 10 aromatic rings. The Hall–Kier alpha value is -7.12. The molecule has 0 amide bonds. The van der Waals surface area contributed by atoms with Crippen LogP contribution in [0.3, 0.4) is 0 Å². The summed E-state index contributed by atoms with van der Waals surface area (Å²) in [7, 11) is 0. The van der Waals surface area contributed by atoms with Gasteiger partial charge in [-0.05, 0) is 111 Å². The zero-order valence-corrected chi connectivity index (χ0v) is 38.5. The Morgan fingerprint density at radius 3 is 0.877 bits per heavy atom. The summed E-state index contributed by atoms with van der Waals surface area (Å²) in [6, 6.07) is 55.0. The van der Waals surface area contributed by atoms with Crippen LogP contribution in [-0.4, -0.2) is 30.1 Å². The van der Waals surface area contributed by atoms with Crippen LogP contribution in [-0.2, 0) is 27.9 Å². The molecule has 0 aliphatic heterocycles. The van der Waals surface area contributed by atoms with Gasteiger partial charge in [-0.15, -0.1) is 5.75 Å². The van der Waals surface area contributed by atoms with Crippen molar-refractivity contribution in [3.63, 3.8) is 0 Å². The number of aryl methyl sites for hydroxylation is 4. The summed E-state index contributed by atoms with van der Waals surface area (Å²) in [4.78, 5) is 18.3. The van der Waals surface area contributed by atoms with Gasteiger partial charge in [0.05, 0.1) is 22.1 Å². The summed E-state index contributed by atoms with van der Waals surface area (Å²) in [5.41, 5.74) is 12.8. The van der Waals surface area contributed by atoms with Crippen molar-refractivity contribution in [1.29, 1.82) is 0 Å². The molecule has 8 heteroatoms. The van der Waals surface area contributed by atoms with Crippen LogP contribution in [0.5, 0.6) is 17.2 Å². The van der Waals surface area contributed by atoms with Gasteiger partial charge < -0.3 is 15.3 Å². The average molecular weight is 904 g/mol. The molecular formula is C57H51CuN4O3. The smallest absolute Gasteiger partial charge is 0.872 e. The van der Waals surface area contributed by atoms with Gasteiger partial charge in [0.1, 0.15) is 11.5 Å². The Morgan fingerprint density at radius 2 is 0.569 bits per heavy atom. The van der Waals surface area contributed by atoms with E-state index in [0.29, 0.717) is 0 Å². The first kappa shape index (κ1) is 45.9. The van der Waals surface area contributed by atoms with Crippen molar-refractivity contribution >= 4 is 43.6 Å². The molecule has 0 spiro atoms. The maximum Gasteiger partial charge on any atom is 1.00 e. The minimum Gasteiger partial charge on any atom is -0.872 e. The molecule has 0 fully saturated rings. The summed E-state index contributed by atoms with van der Waals surface area (Å²) >= 11 is 0. The molecule has 10 rings (SSSR count). The largest absolute Gasteiger partial charge is 1.00 e. The van der Waals surface area contributed by atoms with E-state index in [9.17, 15) is 15.3 Å². The molecule has 6 aromatic carbocycles. The molecule has 0 aliphatic carbocycles. The number of fused-ring (bicyclic) bond motifs is 6. The first-order valence-corrected chi connectivity index (χ1v) is 21.4. The van der Waals surface area contributed by atoms with Crippen molar-refractivity contribution in [2.45, 2.75) is 59.3 Å². The van der Waals surface area contributed by atoms with Crippen LogP contribution in [0, 0.1) is 27.7 Å². The second kappa shape index (κ2) is 18.9. The van der Waals surface area contributed by atoms with E-state index in [-0.39, 0.29) is 39.7 Å². The molecular weight excluding hydrogens is 852 g/mol. The number of rotatable bonds is 5. The number of aromatic hydroxyl groups is 2. The molecule has 0 radical (unpaired) electrons. The van der Waals surface area contributed by atoms with Gasteiger partial charge in [-0.2, -0.15) is 0 Å². The Kier molecular flexibility index (Phi) is 13.4. The molecule has 1 atom stereocenters. The van der Waals surface area contributed by atoms with Crippen molar-refractivity contribution in [2.75, 3.05) is 0 Å². The zero-order valence-electron chi connectivity index (χ0n) is 37.6. The van der Waals surface area contributed by atoms with E-state index in [1.807, 2.05) is 88.4 Å². The summed E-state index contributed by atoms with van der Waals surface area (Å²) in [6.45, 7) is 14.5. The fraction of sp³-hybridized carbons (Fsp3) is 0.158. The zero-order chi connectivity index (χ0) is 45.2. The van der Waals surface area contributed by atoms with Crippen LogP contribution in [0.2, 0.25) is 0 Å². The number of pyridine rings is 4. The summed E-state index contributed by atoms with van der Waals surface area (Å²) < 4.78 is 0. The Balaban J connectivity index is 0.000000159. The van der Waals surface area contributed by atoms with Crippen LogP contribution in [0.4, 0.5) is 0 Å². The molecule has 0 aliphatic rings. The fourth-order valence-corrected chi connectivity index (χ4v) is 8.27. The van der Waals surface area contributed by atoms with Gasteiger partial charge in [0.25, 0.3) is 0 Å². The fourth-order valence-electron chi connectivity index (χ4n) is 8.27. The van der Waals surface area contributed by atoms with E-state index in [1.54, 1.807) is 36.4 Å². The minimum absolute atomic E-state index is 0. The summed E-state index contributed by atoms with van der Waals surface area (Å²) in [6.07, 6.45) is 0. The van der Waals surface area contributed by atoms with Gasteiger partial charge in [-0.1, -0.05) is 135 Å². The van der Waals surface area contributed by atoms with Crippen molar-refractivity contribution in [2.24, 2.45) is 0 Å². The van der Waals surface area contributed by atoms with Crippen molar-refractivity contribution in [3.05, 3.63) is 220 Å². The van der Waals surface area contributed by atoms with Crippen molar-refractivity contribution in [3.8, 4) is 17.2 Å². The molecule has 328 valence electrons. The van der Waals surface area contributed by atoms with Crippen molar-refractivity contribution < 1.29 is 32.4 Å². The number of phenolic OH excluding ortho intramolecular Hbond substituents is 2. The van der Waals surface area contributed by atoms with Gasteiger partial charge in [0.15, 0.2) is 0 Å². The second-order valence-electron chi connectivity index (χ2n) is 17.2. The van der Waals surface area contributed by atoms with Gasteiger partial charge in [0, 0.05) is 55.2 Å². The molecule has 65 heavy (non-hydrogen) atoms. The quantitative estimate of drug-likeness (QED) is 0.100. The van der Waals surface area contributed by atoms with Crippen LogP contribution in [0.1, 0.15) is 71.4 Å². The van der Waals surface area contributed by atoms with E-state index < -0.39 is 5.41 Å². The molecule has 4 aromatic heterocycles. The maximum atomic E-state index is 11.7. The Bertz CT molecular complexity index is 2970. The number of aromatic nitrogens is 4. The van der Waals surface area contributed by atoms with Gasteiger partial charge in [-0.3, -0.25) is 19.9 Å². The van der Waals surface area contributed by atoms with E-state index in [4.69, 9.17) is 0 Å². The third-order valence-electron chi connectivity index (χ3n) is 12.2. The van der Waals surface area contributed by atoms with Crippen LogP contribution < -0.4 is 5.11 Å². The molecule has 0 unspecified atom stereocenters. The number of benzene rings is 6. The Labute approximate surface area is 391 Å². The molecule has 2 N–H and O–H groups in total. The molecule has 0 saturated heterocycles. The number of hydrogen-bond donors (Lipinski definition) is 2. The van der Waals surface area contributed by atoms with E-state index in [2.05, 4.69) is 114 Å². The second-order valence-corrected chi connectivity index (χ2v) is 17.2. The standard InChI is InChI=1S/C29H28O3.2C14H12N2.Cu/c1-28(2,21-8-14-25(30)15-9-21)20-4-6-22(7-5-20)29(3,23-10-16-26(31)17-11-23)24-12-18-27(32)19-13-24;2*1-9-3-5-11-7-8-12-6-4-10(2)16-14(12)13(11)15-9;/h4-19,30-32H,1-3H3;2*3-8H,1-2H3;/q;;;+1/p-1. The topological polar surface area (TPSA) is 115 Å². The predicted molar refractivity (Wildman–Crippen MR) is 259 cm³/mol. The normalized spacial score (nSPS) is 12.1. The summed E-state index contributed by atoms with van der Waals surface area (Å²) in [5.74, 6) is 0.457. The molecule has 4 heterocycles. The van der Waals surface area contributed by atoms with Gasteiger partial charge in [0.2, 0.25) is 0 Å². The first-order chi connectivity index (χ1) is 30.7. The monoisotopic (exact) mass is 902 g/mol. The van der Waals surface area contributed by atoms with E-state index in [0.717, 1.165) is 94.2 Å². The number of nitrogens with zero attached hydrogens (tertiary/aromatic N) is 4. The summed E-state index contributed by atoms with van der Waals surface area (Å²) in [5, 5.41) is 35.8. The van der Waals surface area contributed by atoms with E-state index >= 15 is 0 Å². The Morgan fingerprint density at radius 1 is 0.338 bits per heavy atom. The van der Waals surface area contributed by atoms with Gasteiger partial charge in [-0.25, -0.2) is 0 Å². The van der Waals surface area contributed by atoms with Crippen molar-refractivity contribution in [1.82, 2.24) is 19.9 Å².